The Kier molecular flexibility index (Phi) is 4.66. The molecule has 0 fully saturated rings. The van der Waals surface area contributed by atoms with Gasteiger partial charge < -0.3 is 9.72 Å². The van der Waals surface area contributed by atoms with E-state index in [9.17, 15) is 0 Å². The van der Waals surface area contributed by atoms with Crippen LogP contribution in [0.2, 0.25) is 0 Å². The van der Waals surface area contributed by atoms with Crippen molar-refractivity contribution in [2.75, 3.05) is 7.11 Å². The number of rotatable bonds is 6. The van der Waals surface area contributed by atoms with Gasteiger partial charge in [0.2, 0.25) is 0 Å². The highest BCUT2D eigenvalue weighted by Gasteiger charge is 2.13. The van der Waals surface area contributed by atoms with E-state index in [2.05, 4.69) is 66.5 Å². The number of benzene rings is 3. The molecule has 0 aliphatic carbocycles. The fraction of sp³-hybridized carbons (Fsp3) is 0.250. The molecule has 1 N–H and O–H groups in total. The van der Waals surface area contributed by atoms with Crippen molar-refractivity contribution in [3.05, 3.63) is 66.2 Å². The quantitative estimate of drug-likeness (QED) is 0.386. The third-order valence-corrected chi connectivity index (χ3v) is 5.18. The van der Waals surface area contributed by atoms with E-state index in [0.29, 0.717) is 0 Å². The molecule has 4 aromatic rings. The zero-order valence-corrected chi connectivity index (χ0v) is 15.5. The normalized spacial score (nSPS) is 11.3. The Labute approximate surface area is 154 Å². The molecule has 0 amide bonds. The molecule has 0 radical (unpaired) electrons. The average molecular weight is 343 g/mol. The number of nitrogens with one attached hydrogen (secondary N) is 1. The molecule has 1 aromatic heterocycles. The zero-order valence-electron chi connectivity index (χ0n) is 15.5. The average Bonchev–Trinajstić information content (AvgIpc) is 3.06. The van der Waals surface area contributed by atoms with E-state index < -0.39 is 0 Å². The second-order valence-corrected chi connectivity index (χ2v) is 6.91. The maximum absolute atomic E-state index is 5.34. The summed E-state index contributed by atoms with van der Waals surface area (Å²) in [5, 5.41) is 3.80. The van der Waals surface area contributed by atoms with E-state index >= 15 is 0 Å². The molecular formula is C24H25NO. The van der Waals surface area contributed by atoms with Gasteiger partial charge in [0.05, 0.1) is 7.11 Å². The third kappa shape index (κ3) is 3.08. The number of aromatic amines is 1. The van der Waals surface area contributed by atoms with Gasteiger partial charge in [-0.05, 0) is 59.0 Å². The highest BCUT2D eigenvalue weighted by molar-refractivity contribution is 5.94. The van der Waals surface area contributed by atoms with Gasteiger partial charge >= 0.3 is 0 Å². The maximum atomic E-state index is 5.34. The Hall–Kier alpha value is -2.74. The predicted molar refractivity (Wildman–Crippen MR) is 111 cm³/mol. The molecule has 26 heavy (non-hydrogen) atoms. The van der Waals surface area contributed by atoms with Gasteiger partial charge in [-0.15, -0.1) is 0 Å². The summed E-state index contributed by atoms with van der Waals surface area (Å²) < 4.78 is 5.34. The second-order valence-electron chi connectivity index (χ2n) is 6.91. The van der Waals surface area contributed by atoms with Crippen LogP contribution in [0.4, 0.5) is 0 Å². The van der Waals surface area contributed by atoms with Crippen LogP contribution in [0, 0.1) is 0 Å². The number of hydrogen-bond acceptors (Lipinski definition) is 1. The molecule has 0 saturated heterocycles. The number of aryl methyl sites for hydroxylation is 1. The summed E-state index contributed by atoms with van der Waals surface area (Å²) >= 11 is 0. The SMILES string of the molecule is CCCCCc1c(-c2ccc3cc(OC)ccc3c2)[nH]c2ccccc12. The fourth-order valence-electron chi connectivity index (χ4n) is 3.76. The lowest BCUT2D eigenvalue weighted by molar-refractivity contribution is 0.415. The Balaban J connectivity index is 1.82. The molecule has 2 heteroatoms. The van der Waals surface area contributed by atoms with Crippen LogP contribution in [-0.2, 0) is 6.42 Å². The van der Waals surface area contributed by atoms with Crippen molar-refractivity contribution in [1.29, 1.82) is 0 Å². The van der Waals surface area contributed by atoms with Crippen molar-refractivity contribution >= 4 is 21.7 Å². The third-order valence-electron chi connectivity index (χ3n) is 5.18. The van der Waals surface area contributed by atoms with Gasteiger partial charge in [0, 0.05) is 16.6 Å². The van der Waals surface area contributed by atoms with Crippen molar-refractivity contribution in [1.82, 2.24) is 4.98 Å². The summed E-state index contributed by atoms with van der Waals surface area (Å²) in [6.07, 6.45) is 4.87. The Morgan fingerprint density at radius 3 is 2.54 bits per heavy atom. The summed E-state index contributed by atoms with van der Waals surface area (Å²) in [7, 11) is 1.71. The fourth-order valence-corrected chi connectivity index (χ4v) is 3.76. The molecule has 1 heterocycles. The van der Waals surface area contributed by atoms with Crippen LogP contribution >= 0.6 is 0 Å². The molecule has 3 aromatic carbocycles. The summed E-state index contributed by atoms with van der Waals surface area (Å²) in [4.78, 5) is 3.67. The molecule has 0 bridgehead atoms. The summed E-state index contributed by atoms with van der Waals surface area (Å²) in [6.45, 7) is 2.26. The van der Waals surface area contributed by atoms with Crippen molar-refractivity contribution in [2.45, 2.75) is 32.6 Å². The van der Waals surface area contributed by atoms with Gasteiger partial charge in [0.25, 0.3) is 0 Å². The maximum Gasteiger partial charge on any atom is 0.119 e. The number of hydrogen-bond donors (Lipinski definition) is 1. The topological polar surface area (TPSA) is 25.0 Å². The number of unbranched alkanes of at least 4 members (excludes halogenated alkanes) is 2. The molecular weight excluding hydrogens is 318 g/mol. The Morgan fingerprint density at radius 1 is 0.885 bits per heavy atom. The van der Waals surface area contributed by atoms with Crippen LogP contribution in [-0.4, -0.2) is 12.1 Å². The van der Waals surface area contributed by atoms with Crippen molar-refractivity contribution < 1.29 is 4.74 Å². The molecule has 0 aliphatic rings. The van der Waals surface area contributed by atoms with Gasteiger partial charge in [-0.25, -0.2) is 0 Å². The molecule has 132 valence electrons. The zero-order chi connectivity index (χ0) is 17.9. The first-order valence-corrected chi connectivity index (χ1v) is 9.48. The van der Waals surface area contributed by atoms with Crippen LogP contribution in [0.15, 0.2) is 60.7 Å². The minimum absolute atomic E-state index is 0.899. The molecule has 0 atom stereocenters. The lowest BCUT2D eigenvalue weighted by Gasteiger charge is -2.08. The lowest BCUT2D eigenvalue weighted by atomic mass is 9.98. The van der Waals surface area contributed by atoms with E-state index in [1.54, 1.807) is 7.11 Å². The van der Waals surface area contributed by atoms with Crippen LogP contribution in [0.5, 0.6) is 5.75 Å². The van der Waals surface area contributed by atoms with E-state index in [1.165, 1.54) is 57.8 Å². The number of para-hydroxylation sites is 1. The molecule has 2 nitrogen and oxygen atoms in total. The van der Waals surface area contributed by atoms with Gasteiger partial charge in [0.1, 0.15) is 5.75 Å². The van der Waals surface area contributed by atoms with Gasteiger partial charge in [-0.1, -0.05) is 56.2 Å². The van der Waals surface area contributed by atoms with Crippen LogP contribution in [0.3, 0.4) is 0 Å². The van der Waals surface area contributed by atoms with Crippen LogP contribution in [0.1, 0.15) is 31.7 Å². The molecule has 0 saturated carbocycles. The second kappa shape index (κ2) is 7.25. The number of fused-ring (bicyclic) bond motifs is 2. The largest absolute Gasteiger partial charge is 0.497 e. The van der Waals surface area contributed by atoms with E-state index in [1.807, 2.05) is 6.07 Å². The van der Waals surface area contributed by atoms with Gasteiger partial charge in [-0.3, -0.25) is 0 Å². The smallest absolute Gasteiger partial charge is 0.119 e. The minimum atomic E-state index is 0.899. The molecule has 0 aliphatic heterocycles. The van der Waals surface area contributed by atoms with Crippen molar-refractivity contribution in [3.63, 3.8) is 0 Å². The number of aromatic nitrogens is 1. The first-order chi connectivity index (χ1) is 12.8. The summed E-state index contributed by atoms with van der Waals surface area (Å²) in [5.41, 5.74) is 5.19. The summed E-state index contributed by atoms with van der Waals surface area (Å²) in [5.74, 6) is 0.899. The molecule has 0 unspecified atom stereocenters. The Morgan fingerprint density at radius 2 is 1.69 bits per heavy atom. The number of ether oxygens (including phenoxy) is 1. The first-order valence-electron chi connectivity index (χ1n) is 9.48. The predicted octanol–water partition coefficient (Wildman–Crippen LogP) is 6.73. The van der Waals surface area contributed by atoms with Crippen molar-refractivity contribution in [3.8, 4) is 17.0 Å². The number of H-pyrrole nitrogens is 1. The standard InChI is InChI=1S/C24H25NO/c1-3-4-5-9-22-21-8-6-7-10-23(21)25-24(22)19-12-11-18-16-20(26-2)14-13-17(18)15-19/h6-8,10-16,25H,3-5,9H2,1-2H3. The number of methoxy groups -OCH3 is 1. The van der Waals surface area contributed by atoms with Crippen molar-refractivity contribution in [2.24, 2.45) is 0 Å². The van der Waals surface area contributed by atoms with Crippen LogP contribution in [0.25, 0.3) is 32.9 Å². The van der Waals surface area contributed by atoms with E-state index in [-0.39, 0.29) is 0 Å². The molecule has 0 spiro atoms. The lowest BCUT2D eigenvalue weighted by Crippen LogP contribution is -1.89. The Bertz CT molecular complexity index is 1040. The van der Waals surface area contributed by atoms with E-state index in [0.717, 1.165) is 12.2 Å². The van der Waals surface area contributed by atoms with Crippen LogP contribution < -0.4 is 4.74 Å². The highest BCUT2D eigenvalue weighted by Crippen LogP contribution is 2.33. The minimum Gasteiger partial charge on any atom is -0.497 e. The summed E-state index contributed by atoms with van der Waals surface area (Å²) in [6, 6.07) is 21.6. The first kappa shape index (κ1) is 16.7. The van der Waals surface area contributed by atoms with Gasteiger partial charge in [0.15, 0.2) is 0 Å². The monoisotopic (exact) mass is 343 g/mol. The van der Waals surface area contributed by atoms with E-state index in [4.69, 9.17) is 4.74 Å². The van der Waals surface area contributed by atoms with Gasteiger partial charge in [-0.2, -0.15) is 0 Å². The highest BCUT2D eigenvalue weighted by atomic mass is 16.5. The molecule has 4 rings (SSSR count).